The summed E-state index contributed by atoms with van der Waals surface area (Å²) < 4.78 is 10.5. The molecule has 0 atom stereocenters. The highest BCUT2D eigenvalue weighted by molar-refractivity contribution is 5.91. The number of aliphatic hydroxyl groups is 1. The molecule has 0 aromatic heterocycles. The molecule has 1 aliphatic heterocycles. The highest BCUT2D eigenvalue weighted by Gasteiger charge is 2.12. The first-order valence-corrected chi connectivity index (χ1v) is 7.67. The molecular weight excluding hydrogens is 298 g/mol. The van der Waals surface area contributed by atoms with Crippen molar-refractivity contribution in [3.8, 4) is 11.5 Å². The van der Waals surface area contributed by atoms with E-state index in [0.29, 0.717) is 24.5 Å². The van der Waals surface area contributed by atoms with E-state index in [4.69, 9.17) is 14.6 Å². The number of ketones is 1. The second-order valence-corrected chi connectivity index (χ2v) is 5.24. The molecular formula is C17H21NO5. The van der Waals surface area contributed by atoms with Crippen LogP contribution >= 0.6 is 0 Å². The minimum absolute atomic E-state index is 0.138. The Kier molecular flexibility index (Phi) is 6.62. The van der Waals surface area contributed by atoms with E-state index in [0.717, 1.165) is 24.8 Å². The minimum atomic E-state index is -0.388. The molecule has 0 radical (unpaired) electrons. The molecule has 6 heteroatoms. The third-order valence-electron chi connectivity index (χ3n) is 3.43. The van der Waals surface area contributed by atoms with Gasteiger partial charge in [-0.15, -0.1) is 0 Å². The van der Waals surface area contributed by atoms with Gasteiger partial charge in [0, 0.05) is 19.0 Å². The maximum Gasteiger partial charge on any atom is 0.243 e. The minimum Gasteiger partial charge on any atom is -0.454 e. The van der Waals surface area contributed by atoms with Crippen molar-refractivity contribution in [2.45, 2.75) is 25.7 Å². The molecule has 1 aromatic rings. The van der Waals surface area contributed by atoms with Crippen LogP contribution in [0, 0.1) is 0 Å². The van der Waals surface area contributed by atoms with Crippen LogP contribution < -0.4 is 14.8 Å². The van der Waals surface area contributed by atoms with Crippen LogP contribution in [0.5, 0.6) is 11.5 Å². The van der Waals surface area contributed by atoms with E-state index in [1.165, 1.54) is 6.08 Å². The van der Waals surface area contributed by atoms with Gasteiger partial charge in [0.15, 0.2) is 17.3 Å². The molecule has 1 amide bonds. The van der Waals surface area contributed by atoms with Gasteiger partial charge in [0.05, 0.1) is 0 Å². The van der Waals surface area contributed by atoms with Gasteiger partial charge in [-0.1, -0.05) is 12.5 Å². The zero-order chi connectivity index (χ0) is 16.5. The number of fused-ring (bicyclic) bond motifs is 1. The normalized spacial score (nSPS) is 12.6. The van der Waals surface area contributed by atoms with Crippen LogP contribution in [0.3, 0.4) is 0 Å². The second kappa shape index (κ2) is 8.95. The van der Waals surface area contributed by atoms with E-state index >= 15 is 0 Å². The Hall–Kier alpha value is -2.34. The summed E-state index contributed by atoms with van der Waals surface area (Å²) in [6.07, 6.45) is 5.99. The fourth-order valence-corrected chi connectivity index (χ4v) is 2.16. The number of unbranched alkanes of at least 4 members (excludes halogenated alkanes) is 2. The molecule has 2 N–H and O–H groups in total. The summed E-state index contributed by atoms with van der Waals surface area (Å²) in [6.45, 7) is 0.409. The van der Waals surface area contributed by atoms with Gasteiger partial charge in [0.1, 0.15) is 6.61 Å². The van der Waals surface area contributed by atoms with Crippen LogP contribution in [0.2, 0.25) is 0 Å². The Morgan fingerprint density at radius 3 is 2.83 bits per heavy atom. The van der Waals surface area contributed by atoms with Gasteiger partial charge in [-0.3, -0.25) is 9.59 Å². The van der Waals surface area contributed by atoms with Crippen LogP contribution in [0.25, 0.3) is 6.08 Å². The van der Waals surface area contributed by atoms with Crippen molar-refractivity contribution in [2.75, 3.05) is 19.9 Å². The quantitative estimate of drug-likeness (QED) is 0.534. The van der Waals surface area contributed by atoms with E-state index < -0.39 is 0 Å². The Bertz CT molecular complexity index is 582. The van der Waals surface area contributed by atoms with Crippen molar-refractivity contribution >= 4 is 17.8 Å². The Labute approximate surface area is 135 Å². The standard InChI is InChI=1S/C17H21NO5/c19-11-14(20)4-2-1-3-9-18-17(21)8-6-13-5-7-15-16(10-13)23-12-22-15/h5-8,10,19H,1-4,9,11-12H2,(H,18,21)/b8-6+. The summed E-state index contributed by atoms with van der Waals surface area (Å²) in [4.78, 5) is 22.6. The fraction of sp³-hybridized carbons (Fsp3) is 0.412. The van der Waals surface area contributed by atoms with Crippen molar-refractivity contribution in [3.05, 3.63) is 29.8 Å². The Morgan fingerprint density at radius 1 is 1.17 bits per heavy atom. The smallest absolute Gasteiger partial charge is 0.243 e. The van der Waals surface area contributed by atoms with Crippen LogP contribution in [-0.4, -0.2) is 36.7 Å². The van der Waals surface area contributed by atoms with Gasteiger partial charge in [-0.2, -0.15) is 0 Å². The predicted molar refractivity (Wildman–Crippen MR) is 85.2 cm³/mol. The zero-order valence-corrected chi connectivity index (χ0v) is 12.9. The topological polar surface area (TPSA) is 84.9 Å². The number of hydrogen-bond acceptors (Lipinski definition) is 5. The molecule has 23 heavy (non-hydrogen) atoms. The number of Topliss-reactive ketones (excluding diaryl/α,β-unsaturated/α-hetero) is 1. The maximum atomic E-state index is 11.7. The lowest BCUT2D eigenvalue weighted by Crippen LogP contribution is -2.22. The molecule has 1 aliphatic rings. The average molecular weight is 319 g/mol. The number of benzene rings is 1. The lowest BCUT2D eigenvalue weighted by Gasteiger charge is -2.02. The molecule has 6 nitrogen and oxygen atoms in total. The summed E-state index contributed by atoms with van der Waals surface area (Å²) in [5.74, 6) is 1.10. The molecule has 0 fully saturated rings. The first-order chi connectivity index (χ1) is 11.2. The van der Waals surface area contributed by atoms with E-state index in [2.05, 4.69) is 5.32 Å². The summed E-state index contributed by atoms with van der Waals surface area (Å²) >= 11 is 0. The number of ether oxygens (including phenoxy) is 2. The number of amides is 1. The Morgan fingerprint density at radius 2 is 2.00 bits per heavy atom. The lowest BCUT2D eigenvalue weighted by atomic mass is 10.1. The van der Waals surface area contributed by atoms with Crippen molar-refractivity contribution in [1.82, 2.24) is 5.32 Å². The number of carbonyl (C=O) groups is 2. The molecule has 2 rings (SSSR count). The monoisotopic (exact) mass is 319 g/mol. The number of aliphatic hydroxyl groups excluding tert-OH is 1. The first-order valence-electron chi connectivity index (χ1n) is 7.67. The third kappa shape index (κ3) is 5.75. The third-order valence-corrected chi connectivity index (χ3v) is 3.43. The van der Waals surface area contributed by atoms with E-state index in [1.807, 2.05) is 18.2 Å². The van der Waals surface area contributed by atoms with Gasteiger partial charge in [-0.05, 0) is 36.6 Å². The van der Waals surface area contributed by atoms with Crippen molar-refractivity contribution in [2.24, 2.45) is 0 Å². The summed E-state index contributed by atoms with van der Waals surface area (Å²) in [7, 11) is 0. The van der Waals surface area contributed by atoms with E-state index in [-0.39, 0.29) is 25.1 Å². The average Bonchev–Trinajstić information content (AvgIpc) is 3.03. The molecule has 0 aliphatic carbocycles. The number of hydrogen-bond donors (Lipinski definition) is 2. The second-order valence-electron chi connectivity index (χ2n) is 5.24. The number of carbonyl (C=O) groups excluding carboxylic acids is 2. The van der Waals surface area contributed by atoms with Gasteiger partial charge in [0.25, 0.3) is 0 Å². The first kappa shape index (κ1) is 17.0. The number of rotatable bonds is 9. The summed E-state index contributed by atoms with van der Waals surface area (Å²) in [5, 5.41) is 11.4. The van der Waals surface area contributed by atoms with Gasteiger partial charge in [0.2, 0.25) is 12.7 Å². The highest BCUT2D eigenvalue weighted by atomic mass is 16.7. The molecule has 0 spiro atoms. The lowest BCUT2D eigenvalue weighted by molar-refractivity contribution is -0.122. The molecule has 1 aromatic carbocycles. The summed E-state index contributed by atoms with van der Waals surface area (Å²) in [5.41, 5.74) is 0.868. The van der Waals surface area contributed by atoms with Crippen LogP contribution in [0.4, 0.5) is 0 Å². The van der Waals surface area contributed by atoms with Crippen molar-refractivity contribution < 1.29 is 24.2 Å². The van der Waals surface area contributed by atoms with Crippen molar-refractivity contribution in [1.29, 1.82) is 0 Å². The highest BCUT2D eigenvalue weighted by Crippen LogP contribution is 2.32. The molecule has 1 heterocycles. The predicted octanol–water partition coefficient (Wildman–Crippen LogP) is 1.67. The van der Waals surface area contributed by atoms with Crippen LogP contribution in [0.15, 0.2) is 24.3 Å². The van der Waals surface area contributed by atoms with Crippen molar-refractivity contribution in [3.63, 3.8) is 0 Å². The molecule has 0 bridgehead atoms. The van der Waals surface area contributed by atoms with Gasteiger partial charge < -0.3 is 19.9 Å². The van der Waals surface area contributed by atoms with Gasteiger partial charge >= 0.3 is 0 Å². The van der Waals surface area contributed by atoms with Crippen LogP contribution in [0.1, 0.15) is 31.2 Å². The molecule has 0 saturated carbocycles. The fourth-order valence-electron chi connectivity index (χ4n) is 2.16. The molecule has 0 saturated heterocycles. The van der Waals surface area contributed by atoms with E-state index in [1.54, 1.807) is 6.08 Å². The van der Waals surface area contributed by atoms with E-state index in [9.17, 15) is 9.59 Å². The van der Waals surface area contributed by atoms with Crippen LogP contribution in [-0.2, 0) is 9.59 Å². The maximum absolute atomic E-state index is 11.7. The van der Waals surface area contributed by atoms with Gasteiger partial charge in [-0.25, -0.2) is 0 Å². The largest absolute Gasteiger partial charge is 0.454 e. The zero-order valence-electron chi connectivity index (χ0n) is 12.9. The SMILES string of the molecule is O=C(CO)CCCCCNC(=O)/C=C/c1ccc2c(c1)OCO2. The number of nitrogens with one attached hydrogen (secondary N) is 1. The Balaban J connectivity index is 1.64. The summed E-state index contributed by atoms with van der Waals surface area (Å²) in [6, 6.07) is 5.49. The molecule has 124 valence electrons. The molecule has 0 unspecified atom stereocenters.